The van der Waals surface area contributed by atoms with Crippen molar-refractivity contribution in [3.63, 3.8) is 0 Å². The zero-order chi connectivity index (χ0) is 20.5. The molecule has 6 heteroatoms. The molecule has 156 valence electrons. The van der Waals surface area contributed by atoms with Crippen molar-refractivity contribution in [2.45, 2.75) is 70.8 Å². The van der Waals surface area contributed by atoms with Crippen LogP contribution in [0, 0.1) is 5.92 Å². The van der Waals surface area contributed by atoms with Gasteiger partial charge in [0, 0.05) is 25.6 Å². The van der Waals surface area contributed by atoms with E-state index in [-0.39, 0.29) is 35.0 Å². The van der Waals surface area contributed by atoms with E-state index in [0.29, 0.717) is 19.5 Å². The van der Waals surface area contributed by atoms with Crippen molar-refractivity contribution in [1.82, 2.24) is 9.62 Å². The lowest BCUT2D eigenvalue weighted by Crippen LogP contribution is -2.45. The molecule has 1 aromatic carbocycles. The molecule has 0 bridgehead atoms. The smallest absolute Gasteiger partial charge is 0.220 e. The van der Waals surface area contributed by atoms with Crippen molar-refractivity contribution in [2.24, 2.45) is 5.92 Å². The molecule has 1 aliphatic heterocycles. The average molecular weight is 407 g/mol. The van der Waals surface area contributed by atoms with Gasteiger partial charge in [0.2, 0.25) is 15.9 Å². The summed E-state index contributed by atoms with van der Waals surface area (Å²) in [4.78, 5) is 12.4. The van der Waals surface area contributed by atoms with Crippen molar-refractivity contribution in [1.29, 1.82) is 0 Å². The van der Waals surface area contributed by atoms with Crippen molar-refractivity contribution < 1.29 is 13.2 Å². The van der Waals surface area contributed by atoms with Crippen LogP contribution >= 0.6 is 0 Å². The van der Waals surface area contributed by atoms with Gasteiger partial charge in [-0.1, -0.05) is 38.1 Å². The maximum Gasteiger partial charge on any atom is 0.220 e. The van der Waals surface area contributed by atoms with Crippen LogP contribution in [0.5, 0.6) is 0 Å². The van der Waals surface area contributed by atoms with Gasteiger partial charge >= 0.3 is 0 Å². The molecule has 1 saturated heterocycles. The van der Waals surface area contributed by atoms with Gasteiger partial charge in [0.1, 0.15) is 0 Å². The van der Waals surface area contributed by atoms with E-state index in [2.05, 4.69) is 23.5 Å². The van der Waals surface area contributed by atoms with Crippen LogP contribution in [-0.4, -0.2) is 43.5 Å². The molecule has 1 aliphatic carbocycles. The van der Waals surface area contributed by atoms with Gasteiger partial charge in [-0.15, -0.1) is 0 Å². The van der Waals surface area contributed by atoms with Gasteiger partial charge in [0.25, 0.3) is 0 Å². The van der Waals surface area contributed by atoms with E-state index in [1.165, 1.54) is 11.1 Å². The molecule has 1 aromatic rings. The van der Waals surface area contributed by atoms with E-state index >= 15 is 0 Å². The Morgan fingerprint density at radius 2 is 1.82 bits per heavy atom. The molecular weight excluding hydrogens is 372 g/mol. The maximum absolute atomic E-state index is 12.6. The Labute approximate surface area is 169 Å². The highest BCUT2D eigenvalue weighted by Crippen LogP contribution is 2.52. The molecule has 2 aliphatic rings. The van der Waals surface area contributed by atoms with Crippen LogP contribution in [0.2, 0.25) is 0 Å². The maximum atomic E-state index is 12.6. The molecule has 1 fully saturated rings. The van der Waals surface area contributed by atoms with Crippen LogP contribution in [0.4, 0.5) is 0 Å². The standard InChI is InChI=1S/C22H34N2O3S/c1-16(2)15-28(26,27)24-11-9-22(10-12-24)14-18(13-21(25)23-17(3)4)19-7-5-6-8-20(19)22/h5-8,16-18H,9-15H2,1-4H3,(H,23,25)/t18-/m1/s1. The quantitative estimate of drug-likeness (QED) is 0.787. The van der Waals surface area contributed by atoms with Crippen LogP contribution in [0.3, 0.4) is 0 Å². The fraction of sp³-hybridized carbons (Fsp3) is 0.682. The minimum atomic E-state index is -3.18. The molecule has 0 saturated carbocycles. The summed E-state index contributed by atoms with van der Waals surface area (Å²) in [7, 11) is -3.18. The summed E-state index contributed by atoms with van der Waals surface area (Å²) >= 11 is 0. The van der Waals surface area contributed by atoms with E-state index in [9.17, 15) is 13.2 Å². The average Bonchev–Trinajstić information content (AvgIpc) is 2.87. The summed E-state index contributed by atoms with van der Waals surface area (Å²) in [6.45, 7) is 9.01. The fourth-order valence-corrected chi connectivity index (χ4v) is 6.80. The summed E-state index contributed by atoms with van der Waals surface area (Å²) in [5.41, 5.74) is 2.61. The molecule has 28 heavy (non-hydrogen) atoms. The summed E-state index contributed by atoms with van der Waals surface area (Å²) in [5, 5.41) is 3.01. The Hall–Kier alpha value is -1.40. The first-order chi connectivity index (χ1) is 13.1. The fourth-order valence-electron chi connectivity index (χ4n) is 5.01. The molecule has 1 amide bonds. The van der Waals surface area contributed by atoms with Gasteiger partial charge in [-0.05, 0) is 61.5 Å². The summed E-state index contributed by atoms with van der Waals surface area (Å²) in [6, 6.07) is 8.60. The topological polar surface area (TPSA) is 66.5 Å². The van der Waals surface area contributed by atoms with E-state index in [0.717, 1.165) is 19.3 Å². The molecule has 5 nitrogen and oxygen atoms in total. The zero-order valence-corrected chi connectivity index (χ0v) is 18.4. The predicted molar refractivity (Wildman–Crippen MR) is 113 cm³/mol. The van der Waals surface area contributed by atoms with Crippen LogP contribution < -0.4 is 5.32 Å². The third kappa shape index (κ3) is 4.43. The number of amides is 1. The molecule has 0 aromatic heterocycles. The Morgan fingerprint density at radius 1 is 1.18 bits per heavy atom. The number of hydrogen-bond donors (Lipinski definition) is 1. The third-order valence-electron chi connectivity index (χ3n) is 6.11. The number of nitrogens with one attached hydrogen (secondary N) is 1. The molecule has 0 unspecified atom stereocenters. The van der Waals surface area contributed by atoms with E-state index in [1.807, 2.05) is 33.8 Å². The number of rotatable bonds is 6. The first-order valence-corrected chi connectivity index (χ1v) is 12.1. The number of carbonyl (C=O) groups excluding carboxylic acids is 1. The second kappa shape index (κ2) is 8.15. The summed E-state index contributed by atoms with van der Waals surface area (Å²) < 4.78 is 26.9. The highest BCUT2D eigenvalue weighted by molar-refractivity contribution is 7.89. The summed E-state index contributed by atoms with van der Waals surface area (Å²) in [6.07, 6.45) is 3.12. The Balaban J connectivity index is 1.76. The summed E-state index contributed by atoms with van der Waals surface area (Å²) in [5.74, 6) is 0.670. The number of benzene rings is 1. The largest absolute Gasteiger partial charge is 0.354 e. The number of fused-ring (bicyclic) bond motifs is 2. The lowest BCUT2D eigenvalue weighted by atomic mass is 9.73. The highest BCUT2D eigenvalue weighted by atomic mass is 32.2. The van der Waals surface area contributed by atoms with Gasteiger partial charge < -0.3 is 5.32 Å². The van der Waals surface area contributed by atoms with Crippen LogP contribution in [0.1, 0.15) is 70.4 Å². The molecule has 1 spiro atoms. The SMILES string of the molecule is CC(C)CS(=O)(=O)N1CCC2(CC1)C[C@@H](CC(=O)NC(C)C)c1ccccc12. The molecule has 1 atom stereocenters. The number of hydrogen-bond acceptors (Lipinski definition) is 3. The Kier molecular flexibility index (Phi) is 6.20. The minimum Gasteiger partial charge on any atom is -0.354 e. The van der Waals surface area contributed by atoms with E-state index in [4.69, 9.17) is 0 Å². The van der Waals surface area contributed by atoms with E-state index in [1.54, 1.807) is 4.31 Å². The second-order valence-corrected chi connectivity index (χ2v) is 11.3. The molecule has 3 rings (SSSR count). The zero-order valence-electron chi connectivity index (χ0n) is 17.6. The van der Waals surface area contributed by atoms with Crippen LogP contribution in [0.25, 0.3) is 0 Å². The molecular formula is C22H34N2O3S. The number of nitrogens with zero attached hydrogens (tertiary/aromatic N) is 1. The lowest BCUT2D eigenvalue weighted by Gasteiger charge is -2.40. The minimum absolute atomic E-state index is 0.00320. The van der Waals surface area contributed by atoms with Gasteiger partial charge in [-0.2, -0.15) is 0 Å². The number of sulfonamides is 1. The van der Waals surface area contributed by atoms with Gasteiger partial charge in [0.05, 0.1) is 5.75 Å². The van der Waals surface area contributed by atoms with Crippen molar-refractivity contribution in [2.75, 3.05) is 18.8 Å². The number of piperidine rings is 1. The van der Waals surface area contributed by atoms with Gasteiger partial charge in [0.15, 0.2) is 0 Å². The monoisotopic (exact) mass is 406 g/mol. The van der Waals surface area contributed by atoms with Gasteiger partial charge in [-0.3, -0.25) is 4.79 Å². The Morgan fingerprint density at radius 3 is 2.43 bits per heavy atom. The van der Waals surface area contributed by atoms with Crippen molar-refractivity contribution in [3.8, 4) is 0 Å². The highest BCUT2D eigenvalue weighted by Gasteiger charge is 2.46. The van der Waals surface area contributed by atoms with E-state index < -0.39 is 10.0 Å². The lowest BCUT2D eigenvalue weighted by molar-refractivity contribution is -0.122. The molecule has 1 heterocycles. The van der Waals surface area contributed by atoms with Crippen molar-refractivity contribution in [3.05, 3.63) is 35.4 Å². The number of carbonyl (C=O) groups is 1. The van der Waals surface area contributed by atoms with Gasteiger partial charge in [-0.25, -0.2) is 12.7 Å². The first-order valence-electron chi connectivity index (χ1n) is 10.5. The predicted octanol–water partition coefficient (Wildman–Crippen LogP) is 3.41. The van der Waals surface area contributed by atoms with Crippen molar-refractivity contribution >= 4 is 15.9 Å². The first kappa shape index (κ1) is 21.3. The molecule has 0 radical (unpaired) electrons. The second-order valence-electron chi connectivity index (χ2n) is 9.27. The third-order valence-corrected chi connectivity index (χ3v) is 8.35. The van der Waals surface area contributed by atoms with Crippen LogP contribution in [-0.2, 0) is 20.2 Å². The van der Waals surface area contributed by atoms with Crippen LogP contribution in [0.15, 0.2) is 24.3 Å². The Bertz CT molecular complexity index is 809. The molecule has 1 N–H and O–H groups in total. The normalized spacial score (nSPS) is 22.0.